The molecule has 2 aliphatic rings. The average molecular weight is 327 g/mol. The first-order chi connectivity index (χ1) is 11.7. The highest BCUT2D eigenvalue weighted by Crippen LogP contribution is 2.24. The highest BCUT2D eigenvalue weighted by Gasteiger charge is 2.32. The van der Waals surface area contributed by atoms with E-state index in [9.17, 15) is 9.59 Å². The lowest BCUT2D eigenvalue weighted by atomic mass is 10.0. The van der Waals surface area contributed by atoms with Crippen LogP contribution in [0, 0.1) is 5.92 Å². The molecule has 4 rings (SSSR count). The minimum Gasteiger partial charge on any atom is -0.381 e. The molecule has 0 bridgehead atoms. The van der Waals surface area contributed by atoms with E-state index in [4.69, 9.17) is 4.74 Å². The molecule has 1 amide bonds. The summed E-state index contributed by atoms with van der Waals surface area (Å²) >= 11 is 0. The molecule has 2 atom stereocenters. The Balaban J connectivity index is 1.59. The van der Waals surface area contributed by atoms with E-state index in [-0.39, 0.29) is 23.4 Å². The number of hydrogen-bond donors (Lipinski definition) is 0. The molecular formula is C18H21N3O3. The van der Waals surface area contributed by atoms with Crippen LogP contribution >= 0.6 is 0 Å². The fourth-order valence-electron chi connectivity index (χ4n) is 3.71. The number of aromatic nitrogens is 2. The maximum Gasteiger partial charge on any atom is 0.261 e. The van der Waals surface area contributed by atoms with Gasteiger partial charge < -0.3 is 9.64 Å². The van der Waals surface area contributed by atoms with Crippen molar-refractivity contribution in [2.45, 2.75) is 25.3 Å². The molecular weight excluding hydrogens is 306 g/mol. The Hall–Kier alpha value is -2.21. The standard InChI is InChI=1S/C18H21N3O3/c22-17(13-7-9-24-11-13)20-8-3-4-14(10-20)21-12-19-16-6-2-1-5-15(16)18(21)23/h1-2,5-6,12-14H,3-4,7-11H2/t13-,14+/m0/s1. The lowest BCUT2D eigenvalue weighted by Crippen LogP contribution is -2.45. The maximum absolute atomic E-state index is 12.8. The van der Waals surface area contributed by atoms with Crippen molar-refractivity contribution in [3.05, 3.63) is 40.9 Å². The summed E-state index contributed by atoms with van der Waals surface area (Å²) in [5.41, 5.74) is 0.690. The minimum absolute atomic E-state index is 0.00497. The number of ether oxygens (including phenoxy) is 1. The quantitative estimate of drug-likeness (QED) is 0.840. The molecule has 6 heteroatoms. The predicted octanol–water partition coefficient (Wildman–Crippen LogP) is 1.60. The summed E-state index contributed by atoms with van der Waals surface area (Å²) in [6.45, 7) is 2.54. The van der Waals surface area contributed by atoms with Gasteiger partial charge in [0.25, 0.3) is 5.56 Å². The van der Waals surface area contributed by atoms with Crippen molar-refractivity contribution in [3.8, 4) is 0 Å². The molecule has 3 heterocycles. The molecule has 0 N–H and O–H groups in total. The summed E-state index contributed by atoms with van der Waals surface area (Å²) in [6.07, 6.45) is 4.23. The molecule has 126 valence electrons. The number of piperidine rings is 1. The van der Waals surface area contributed by atoms with Gasteiger partial charge in [-0.25, -0.2) is 4.98 Å². The van der Waals surface area contributed by atoms with Crippen LogP contribution in [0.25, 0.3) is 10.9 Å². The van der Waals surface area contributed by atoms with E-state index in [2.05, 4.69) is 4.98 Å². The molecule has 24 heavy (non-hydrogen) atoms. The summed E-state index contributed by atoms with van der Waals surface area (Å²) in [7, 11) is 0. The second kappa shape index (κ2) is 6.36. The number of carbonyl (C=O) groups is 1. The van der Waals surface area contributed by atoms with Gasteiger partial charge in [0.2, 0.25) is 5.91 Å². The fraction of sp³-hybridized carbons (Fsp3) is 0.500. The van der Waals surface area contributed by atoms with Crippen LogP contribution in [-0.4, -0.2) is 46.7 Å². The van der Waals surface area contributed by atoms with Gasteiger partial charge in [0.05, 0.1) is 35.8 Å². The number of rotatable bonds is 2. The van der Waals surface area contributed by atoms with Crippen molar-refractivity contribution >= 4 is 16.8 Å². The lowest BCUT2D eigenvalue weighted by Gasteiger charge is -2.34. The summed E-state index contributed by atoms with van der Waals surface area (Å²) < 4.78 is 7.04. The maximum atomic E-state index is 12.8. The van der Waals surface area contributed by atoms with E-state index in [0.29, 0.717) is 30.7 Å². The van der Waals surface area contributed by atoms with Gasteiger partial charge >= 0.3 is 0 Å². The van der Waals surface area contributed by atoms with E-state index in [1.54, 1.807) is 10.9 Å². The molecule has 0 spiro atoms. The highest BCUT2D eigenvalue weighted by atomic mass is 16.5. The molecule has 0 unspecified atom stereocenters. The number of hydrogen-bond acceptors (Lipinski definition) is 4. The van der Waals surface area contributed by atoms with Crippen LogP contribution in [0.1, 0.15) is 25.3 Å². The Labute approximate surface area is 140 Å². The van der Waals surface area contributed by atoms with Gasteiger partial charge in [-0.2, -0.15) is 0 Å². The van der Waals surface area contributed by atoms with Crippen molar-refractivity contribution < 1.29 is 9.53 Å². The number of fused-ring (bicyclic) bond motifs is 1. The molecule has 2 aromatic rings. The number of para-hydroxylation sites is 1. The molecule has 0 aliphatic carbocycles. The van der Waals surface area contributed by atoms with Crippen molar-refractivity contribution in [3.63, 3.8) is 0 Å². The predicted molar refractivity (Wildman–Crippen MR) is 89.8 cm³/mol. The molecule has 2 fully saturated rings. The molecule has 2 saturated heterocycles. The first kappa shape index (κ1) is 15.3. The van der Waals surface area contributed by atoms with Crippen LogP contribution in [0.3, 0.4) is 0 Å². The van der Waals surface area contributed by atoms with E-state index in [1.807, 2.05) is 29.2 Å². The van der Waals surface area contributed by atoms with Crippen LogP contribution in [0.2, 0.25) is 0 Å². The summed E-state index contributed by atoms with van der Waals surface area (Å²) in [6, 6.07) is 7.38. The molecule has 1 aromatic carbocycles. The van der Waals surface area contributed by atoms with E-state index >= 15 is 0 Å². The van der Waals surface area contributed by atoms with Gasteiger partial charge in [0, 0.05) is 19.7 Å². The highest BCUT2D eigenvalue weighted by molar-refractivity contribution is 5.79. The Bertz CT molecular complexity index is 811. The van der Waals surface area contributed by atoms with Gasteiger partial charge in [-0.1, -0.05) is 12.1 Å². The van der Waals surface area contributed by atoms with Crippen LogP contribution in [-0.2, 0) is 9.53 Å². The monoisotopic (exact) mass is 327 g/mol. The van der Waals surface area contributed by atoms with Crippen molar-refractivity contribution in [2.75, 3.05) is 26.3 Å². The van der Waals surface area contributed by atoms with Crippen LogP contribution < -0.4 is 5.56 Å². The first-order valence-corrected chi connectivity index (χ1v) is 8.56. The number of benzene rings is 1. The van der Waals surface area contributed by atoms with Gasteiger partial charge in [0.1, 0.15) is 0 Å². The molecule has 0 radical (unpaired) electrons. The zero-order valence-corrected chi connectivity index (χ0v) is 13.6. The van der Waals surface area contributed by atoms with Gasteiger partial charge in [-0.15, -0.1) is 0 Å². The zero-order valence-electron chi connectivity index (χ0n) is 13.6. The van der Waals surface area contributed by atoms with Gasteiger partial charge in [0.15, 0.2) is 0 Å². The second-order valence-corrected chi connectivity index (χ2v) is 6.61. The SMILES string of the molecule is O=C([C@H]1CCOC1)N1CCC[C@@H](n2cnc3ccccc3c2=O)C1. The first-order valence-electron chi connectivity index (χ1n) is 8.56. The van der Waals surface area contributed by atoms with Crippen LogP contribution in [0.4, 0.5) is 0 Å². The molecule has 1 aromatic heterocycles. The minimum atomic E-state index is -0.0240. The third-order valence-corrected chi connectivity index (χ3v) is 5.07. The zero-order chi connectivity index (χ0) is 16.5. The smallest absolute Gasteiger partial charge is 0.261 e. The van der Waals surface area contributed by atoms with Gasteiger partial charge in [-0.05, 0) is 31.4 Å². The number of carbonyl (C=O) groups excluding carboxylic acids is 1. The average Bonchev–Trinajstić information content (AvgIpc) is 3.16. The molecule has 6 nitrogen and oxygen atoms in total. The van der Waals surface area contributed by atoms with Crippen molar-refractivity contribution in [2.24, 2.45) is 5.92 Å². The molecule has 0 saturated carbocycles. The van der Waals surface area contributed by atoms with Crippen LogP contribution in [0.5, 0.6) is 0 Å². The summed E-state index contributed by atoms with van der Waals surface area (Å²) in [4.78, 5) is 31.7. The Morgan fingerprint density at radius 2 is 2.12 bits per heavy atom. The van der Waals surface area contributed by atoms with Crippen molar-refractivity contribution in [1.29, 1.82) is 0 Å². The Kier molecular flexibility index (Phi) is 4.06. The second-order valence-electron chi connectivity index (χ2n) is 6.61. The summed E-state index contributed by atoms with van der Waals surface area (Å²) in [5, 5.41) is 0.632. The van der Waals surface area contributed by atoms with Crippen molar-refractivity contribution in [1.82, 2.24) is 14.5 Å². The van der Waals surface area contributed by atoms with E-state index < -0.39 is 0 Å². The van der Waals surface area contributed by atoms with Crippen LogP contribution in [0.15, 0.2) is 35.4 Å². The Morgan fingerprint density at radius 1 is 1.25 bits per heavy atom. The Morgan fingerprint density at radius 3 is 2.96 bits per heavy atom. The third kappa shape index (κ3) is 2.71. The normalized spacial score (nSPS) is 24.4. The fourth-order valence-corrected chi connectivity index (χ4v) is 3.71. The molecule has 2 aliphatic heterocycles. The number of nitrogens with zero attached hydrogens (tertiary/aromatic N) is 3. The van der Waals surface area contributed by atoms with E-state index in [1.165, 1.54) is 0 Å². The third-order valence-electron chi connectivity index (χ3n) is 5.07. The largest absolute Gasteiger partial charge is 0.381 e. The van der Waals surface area contributed by atoms with Gasteiger partial charge in [-0.3, -0.25) is 14.2 Å². The number of amides is 1. The summed E-state index contributed by atoms with van der Waals surface area (Å²) in [5.74, 6) is 0.147. The number of likely N-dealkylation sites (tertiary alicyclic amines) is 1. The van der Waals surface area contributed by atoms with E-state index in [0.717, 1.165) is 25.8 Å². The lowest BCUT2D eigenvalue weighted by molar-refractivity contribution is -0.137. The topological polar surface area (TPSA) is 64.4 Å².